The highest BCUT2D eigenvalue weighted by Crippen LogP contribution is 2.35. The van der Waals surface area contributed by atoms with Crippen LogP contribution in [0.25, 0.3) is 33.5 Å². The summed E-state index contributed by atoms with van der Waals surface area (Å²) < 4.78 is 17.3. The third kappa shape index (κ3) is 3.65. The Morgan fingerprint density at radius 3 is 2.51 bits per heavy atom. The number of para-hydroxylation sites is 1. The summed E-state index contributed by atoms with van der Waals surface area (Å²) in [7, 11) is 0. The van der Waals surface area contributed by atoms with Crippen LogP contribution >= 0.6 is 0 Å². The molecule has 0 radical (unpaired) electrons. The number of hydrogen-bond acceptors (Lipinski definition) is 6. The van der Waals surface area contributed by atoms with Gasteiger partial charge in [-0.15, -0.1) is 0 Å². The lowest BCUT2D eigenvalue weighted by atomic mass is 10.1. The second-order valence-electron chi connectivity index (χ2n) is 9.11. The first-order valence-electron chi connectivity index (χ1n) is 12.0. The predicted molar refractivity (Wildman–Crippen MR) is 134 cm³/mol. The average Bonchev–Trinajstić information content (AvgIpc) is 3.53. The average molecular weight is 466 g/mol. The predicted octanol–water partition coefficient (Wildman–Crippen LogP) is 3.68. The maximum absolute atomic E-state index is 6.29. The van der Waals surface area contributed by atoms with Gasteiger partial charge in [0.15, 0.2) is 28.7 Å². The van der Waals surface area contributed by atoms with Crippen molar-refractivity contribution in [3.8, 4) is 22.9 Å². The Hall–Kier alpha value is -4.10. The van der Waals surface area contributed by atoms with Gasteiger partial charge >= 0.3 is 0 Å². The number of benzene rings is 3. The van der Waals surface area contributed by atoms with E-state index in [0.29, 0.717) is 6.79 Å². The zero-order chi connectivity index (χ0) is 23.2. The summed E-state index contributed by atoms with van der Waals surface area (Å²) in [5.41, 5.74) is 4.76. The largest absolute Gasteiger partial charge is 0.454 e. The van der Waals surface area contributed by atoms with E-state index in [-0.39, 0.29) is 0 Å². The van der Waals surface area contributed by atoms with Crippen molar-refractivity contribution in [2.45, 2.75) is 6.54 Å². The quantitative estimate of drug-likeness (QED) is 0.437. The van der Waals surface area contributed by atoms with Gasteiger partial charge in [-0.05, 0) is 30.3 Å². The van der Waals surface area contributed by atoms with Crippen LogP contribution in [-0.2, 0) is 6.54 Å². The first kappa shape index (κ1) is 20.3. The van der Waals surface area contributed by atoms with Gasteiger partial charge in [0, 0.05) is 16.5 Å². The Morgan fingerprint density at radius 1 is 0.829 bits per heavy atom. The number of quaternary nitrogens is 1. The van der Waals surface area contributed by atoms with Crippen molar-refractivity contribution in [2.75, 3.05) is 37.9 Å². The Kier molecular flexibility index (Phi) is 4.80. The van der Waals surface area contributed by atoms with Crippen LogP contribution in [0.5, 0.6) is 11.5 Å². The van der Waals surface area contributed by atoms with Gasteiger partial charge in [0.2, 0.25) is 6.79 Å². The van der Waals surface area contributed by atoms with Crippen LogP contribution in [0.15, 0.2) is 77.2 Å². The molecule has 0 unspecified atom stereocenters. The molecule has 0 aliphatic carbocycles. The molecular weight excluding hydrogens is 440 g/mol. The monoisotopic (exact) mass is 465 g/mol. The zero-order valence-corrected chi connectivity index (χ0v) is 19.2. The molecule has 0 bridgehead atoms. The number of aromatic nitrogens is 2. The lowest BCUT2D eigenvalue weighted by Gasteiger charge is -2.33. The van der Waals surface area contributed by atoms with Crippen LogP contribution in [-0.4, -0.2) is 42.9 Å². The minimum Gasteiger partial charge on any atom is -0.454 e. The van der Waals surface area contributed by atoms with Gasteiger partial charge in [0.1, 0.15) is 17.6 Å². The first-order valence-corrected chi connectivity index (χ1v) is 12.0. The van der Waals surface area contributed by atoms with Crippen LogP contribution < -0.4 is 19.3 Å². The van der Waals surface area contributed by atoms with Crippen LogP contribution in [0.4, 0.5) is 5.82 Å². The summed E-state index contributed by atoms with van der Waals surface area (Å²) in [6.45, 7) is 5.10. The lowest BCUT2D eigenvalue weighted by Crippen LogP contribution is -3.13. The smallest absolute Gasteiger partial charge is 0.231 e. The summed E-state index contributed by atoms with van der Waals surface area (Å²) in [6.07, 6.45) is 0. The van der Waals surface area contributed by atoms with Crippen LogP contribution in [0.3, 0.4) is 0 Å². The van der Waals surface area contributed by atoms with E-state index in [9.17, 15) is 0 Å². The van der Waals surface area contributed by atoms with E-state index < -0.39 is 0 Å². The fourth-order valence-electron chi connectivity index (χ4n) is 5.06. The Labute approximate surface area is 202 Å². The molecule has 35 heavy (non-hydrogen) atoms. The Bertz CT molecular complexity index is 1520. The number of nitrogens with one attached hydrogen (secondary N) is 1. The molecule has 7 heteroatoms. The van der Waals surface area contributed by atoms with Gasteiger partial charge in [0.05, 0.1) is 26.2 Å². The summed E-state index contributed by atoms with van der Waals surface area (Å²) in [4.78, 5) is 13.8. The number of fused-ring (bicyclic) bond motifs is 4. The highest BCUT2D eigenvalue weighted by atomic mass is 16.7. The molecule has 1 N–H and O–H groups in total. The topological polar surface area (TPSA) is 65.1 Å². The van der Waals surface area contributed by atoms with Crippen LogP contribution in [0.1, 0.15) is 5.56 Å². The van der Waals surface area contributed by atoms with E-state index in [1.54, 1.807) is 4.90 Å². The second kappa shape index (κ2) is 8.29. The van der Waals surface area contributed by atoms with Gasteiger partial charge in [0.25, 0.3) is 0 Å². The van der Waals surface area contributed by atoms with Crippen LogP contribution in [0, 0.1) is 0 Å². The van der Waals surface area contributed by atoms with Gasteiger partial charge < -0.3 is 23.7 Å². The third-order valence-electron chi connectivity index (χ3n) is 6.90. The van der Waals surface area contributed by atoms with Crippen molar-refractivity contribution in [1.82, 2.24) is 9.97 Å². The summed E-state index contributed by atoms with van der Waals surface area (Å²) in [5, 5.41) is 1.02. The molecule has 2 aromatic heterocycles. The fraction of sp³-hybridized carbons (Fsp3) is 0.214. The Morgan fingerprint density at radius 2 is 1.63 bits per heavy atom. The van der Waals surface area contributed by atoms with E-state index in [4.69, 9.17) is 23.9 Å². The van der Waals surface area contributed by atoms with E-state index in [1.807, 2.05) is 42.5 Å². The summed E-state index contributed by atoms with van der Waals surface area (Å²) in [5.74, 6) is 3.30. The minimum atomic E-state index is 0.310. The fourth-order valence-corrected chi connectivity index (χ4v) is 5.06. The minimum absolute atomic E-state index is 0.310. The van der Waals surface area contributed by atoms with E-state index in [0.717, 1.165) is 83.5 Å². The molecule has 4 heterocycles. The van der Waals surface area contributed by atoms with E-state index >= 15 is 0 Å². The molecule has 0 atom stereocenters. The molecule has 0 saturated carbocycles. The van der Waals surface area contributed by atoms with Crippen molar-refractivity contribution in [2.24, 2.45) is 0 Å². The highest BCUT2D eigenvalue weighted by molar-refractivity contribution is 6.06. The van der Waals surface area contributed by atoms with Crippen molar-refractivity contribution in [1.29, 1.82) is 0 Å². The number of rotatable bonds is 4. The number of nitrogens with zero attached hydrogens (tertiary/aromatic N) is 3. The molecule has 1 saturated heterocycles. The third-order valence-corrected chi connectivity index (χ3v) is 6.90. The summed E-state index contributed by atoms with van der Waals surface area (Å²) >= 11 is 0. The standard InChI is InChI=1S/C28H24N4O3/c1-2-6-20(7-3-1)27-29-25-21-8-4-5-9-22(21)35-26(25)28(30-27)32-14-12-31(13-15-32)17-19-10-11-23-24(16-19)34-18-33-23/h1-11,16H,12-15,17-18H2/p+1. The van der Waals surface area contributed by atoms with Gasteiger partial charge in [-0.2, -0.15) is 0 Å². The molecule has 2 aliphatic rings. The summed E-state index contributed by atoms with van der Waals surface area (Å²) in [6, 6.07) is 24.5. The zero-order valence-electron chi connectivity index (χ0n) is 19.2. The maximum Gasteiger partial charge on any atom is 0.231 e. The van der Waals surface area contributed by atoms with Gasteiger partial charge in [-0.25, -0.2) is 9.97 Å². The molecule has 0 amide bonds. The van der Waals surface area contributed by atoms with Crippen LogP contribution in [0.2, 0.25) is 0 Å². The van der Waals surface area contributed by atoms with Gasteiger partial charge in [-0.3, -0.25) is 0 Å². The van der Waals surface area contributed by atoms with Gasteiger partial charge in [-0.1, -0.05) is 42.5 Å². The number of anilines is 1. The molecule has 7 rings (SSSR count). The van der Waals surface area contributed by atoms with Crippen molar-refractivity contribution < 1.29 is 18.8 Å². The molecule has 174 valence electrons. The number of piperazine rings is 1. The molecule has 2 aliphatic heterocycles. The highest BCUT2D eigenvalue weighted by Gasteiger charge is 2.26. The molecular formula is C28H25N4O3+. The lowest BCUT2D eigenvalue weighted by molar-refractivity contribution is -0.914. The van der Waals surface area contributed by atoms with Crippen molar-refractivity contribution in [3.05, 3.63) is 78.4 Å². The maximum atomic E-state index is 6.29. The molecule has 7 nitrogen and oxygen atoms in total. The van der Waals surface area contributed by atoms with Crippen molar-refractivity contribution in [3.63, 3.8) is 0 Å². The normalized spacial score (nSPS) is 15.8. The SMILES string of the molecule is c1ccc(-c2nc(N3CC[NH+](Cc4ccc5c(c4)OCO5)CC3)c3oc4ccccc4c3n2)cc1. The number of hydrogen-bond donors (Lipinski definition) is 1. The van der Waals surface area contributed by atoms with E-state index in [1.165, 1.54) is 5.56 Å². The molecule has 1 fully saturated rings. The second-order valence-corrected chi connectivity index (χ2v) is 9.11. The first-order chi connectivity index (χ1) is 17.3. The number of ether oxygens (including phenoxy) is 2. The molecule has 3 aromatic carbocycles. The molecule has 5 aromatic rings. The van der Waals surface area contributed by atoms with E-state index in [2.05, 4.69) is 35.2 Å². The Balaban J connectivity index is 1.19. The number of furan rings is 1. The molecule has 0 spiro atoms. The van der Waals surface area contributed by atoms with Crippen molar-refractivity contribution >= 4 is 27.9 Å².